The predicted octanol–water partition coefficient (Wildman–Crippen LogP) is 4.15. The van der Waals surface area contributed by atoms with Gasteiger partial charge in [0.2, 0.25) is 0 Å². The second-order valence-electron chi connectivity index (χ2n) is 3.83. The van der Waals surface area contributed by atoms with E-state index in [1.807, 2.05) is 30.3 Å². The number of nitrogens with zero attached hydrogens (tertiary/aromatic N) is 2. The zero-order chi connectivity index (χ0) is 13.8. The Morgan fingerprint density at radius 2 is 1.95 bits per heavy atom. The van der Waals surface area contributed by atoms with Crippen molar-refractivity contribution in [2.75, 3.05) is 0 Å². The molecule has 0 aliphatic carbocycles. The lowest BCUT2D eigenvalue weighted by Gasteiger charge is -2.06. The van der Waals surface area contributed by atoms with Crippen LogP contribution in [0.2, 0.25) is 10.2 Å². The van der Waals surface area contributed by atoms with Gasteiger partial charge in [-0.25, -0.2) is 10.5 Å². The van der Waals surface area contributed by atoms with Gasteiger partial charge >= 0.3 is 0 Å². The van der Waals surface area contributed by atoms with Crippen LogP contribution in [0, 0.1) is 5.53 Å². The van der Waals surface area contributed by atoms with Gasteiger partial charge < -0.3 is 0 Å². The summed E-state index contributed by atoms with van der Waals surface area (Å²) in [7, 11) is 0. The highest BCUT2D eigenvalue weighted by atomic mass is 35.5. The summed E-state index contributed by atoms with van der Waals surface area (Å²) < 4.78 is 0. The number of hydrogen-bond acceptors (Lipinski definition) is 3. The Hall–Kier alpha value is -1.78. The third-order valence-electron chi connectivity index (χ3n) is 2.55. The highest BCUT2D eigenvalue weighted by Crippen LogP contribution is 2.24. The van der Waals surface area contributed by atoms with Crippen LogP contribution in [-0.4, -0.2) is 10.9 Å². The van der Waals surface area contributed by atoms with E-state index in [9.17, 15) is 4.79 Å². The molecule has 1 N–H and O–H groups in total. The number of carbonyl (C=O) groups is 1. The van der Waals surface area contributed by atoms with Gasteiger partial charge in [-0.15, -0.1) is 5.11 Å². The van der Waals surface area contributed by atoms with E-state index in [2.05, 4.69) is 10.1 Å². The highest BCUT2D eigenvalue weighted by molar-refractivity contribution is 6.35. The monoisotopic (exact) mass is 293 g/mol. The van der Waals surface area contributed by atoms with E-state index in [0.717, 1.165) is 5.56 Å². The molecule has 0 atom stereocenters. The van der Waals surface area contributed by atoms with E-state index in [1.165, 1.54) is 6.07 Å². The largest absolute Gasteiger partial charge is 0.298 e. The van der Waals surface area contributed by atoms with Crippen molar-refractivity contribution in [1.82, 2.24) is 4.98 Å². The molecule has 1 heterocycles. The molecule has 6 heteroatoms. The Bertz CT molecular complexity index is 629. The molecule has 19 heavy (non-hydrogen) atoms. The van der Waals surface area contributed by atoms with Gasteiger partial charge in [-0.1, -0.05) is 53.5 Å². The maximum Gasteiger partial charge on any atom is 0.298 e. The quantitative estimate of drug-likeness (QED) is 0.682. The van der Waals surface area contributed by atoms with Crippen LogP contribution in [0.25, 0.3) is 0 Å². The van der Waals surface area contributed by atoms with Crippen LogP contribution >= 0.6 is 23.2 Å². The lowest BCUT2D eigenvalue weighted by molar-refractivity contribution is 0.0990. The van der Waals surface area contributed by atoms with Crippen molar-refractivity contribution < 1.29 is 4.79 Å². The summed E-state index contributed by atoms with van der Waals surface area (Å²) in [6, 6.07) is 11.1. The minimum absolute atomic E-state index is 0.0105. The molecule has 0 aliphatic heterocycles. The van der Waals surface area contributed by atoms with Gasteiger partial charge in [-0.2, -0.15) is 0 Å². The number of amides is 1. The van der Waals surface area contributed by atoms with Crippen LogP contribution < -0.4 is 0 Å². The maximum absolute atomic E-state index is 11.3. The first kappa shape index (κ1) is 13.6. The van der Waals surface area contributed by atoms with Crippen LogP contribution in [0.15, 0.2) is 41.5 Å². The minimum Gasteiger partial charge on any atom is -0.265 e. The van der Waals surface area contributed by atoms with E-state index in [4.69, 9.17) is 28.7 Å². The maximum atomic E-state index is 11.3. The van der Waals surface area contributed by atoms with Crippen molar-refractivity contribution in [2.45, 2.75) is 6.42 Å². The van der Waals surface area contributed by atoms with Crippen molar-refractivity contribution in [1.29, 1.82) is 5.53 Å². The van der Waals surface area contributed by atoms with Crippen LogP contribution in [-0.2, 0) is 6.42 Å². The molecule has 0 fully saturated rings. The Kier molecular flexibility index (Phi) is 4.24. The average Bonchev–Trinajstić information content (AvgIpc) is 2.43. The zero-order valence-corrected chi connectivity index (χ0v) is 11.2. The van der Waals surface area contributed by atoms with Crippen LogP contribution in [0.5, 0.6) is 0 Å². The normalized spacial score (nSPS) is 10.2. The first-order valence-corrected chi connectivity index (χ1v) is 6.18. The number of benzene rings is 1. The molecule has 0 saturated carbocycles. The van der Waals surface area contributed by atoms with Crippen LogP contribution in [0.4, 0.5) is 0 Å². The molecule has 0 unspecified atom stereocenters. The van der Waals surface area contributed by atoms with E-state index < -0.39 is 5.91 Å². The molecule has 96 valence electrons. The van der Waals surface area contributed by atoms with Gasteiger partial charge in [0.25, 0.3) is 5.91 Å². The zero-order valence-electron chi connectivity index (χ0n) is 9.73. The lowest BCUT2D eigenvalue weighted by Crippen LogP contribution is -2.01. The fourth-order valence-corrected chi connectivity index (χ4v) is 2.08. The van der Waals surface area contributed by atoms with Gasteiger partial charge in [0.1, 0.15) is 5.15 Å². The topological polar surface area (TPSA) is 66.2 Å². The average molecular weight is 294 g/mol. The molecule has 0 spiro atoms. The molecule has 1 aromatic heterocycles. The van der Waals surface area contributed by atoms with Gasteiger partial charge in [0.05, 0.1) is 16.3 Å². The first-order chi connectivity index (χ1) is 9.11. The fourth-order valence-electron chi connectivity index (χ4n) is 1.63. The van der Waals surface area contributed by atoms with Gasteiger partial charge in [-0.05, 0) is 11.6 Å². The molecule has 0 aliphatic rings. The number of aromatic nitrogens is 1. The van der Waals surface area contributed by atoms with Crippen molar-refractivity contribution in [2.24, 2.45) is 5.11 Å². The third kappa shape index (κ3) is 3.16. The Morgan fingerprint density at radius 1 is 1.26 bits per heavy atom. The number of rotatable bonds is 3. The Balaban J connectivity index is 2.36. The molecule has 1 aromatic carbocycles. The molecule has 2 rings (SSSR count). The second kappa shape index (κ2) is 5.91. The van der Waals surface area contributed by atoms with Crippen molar-refractivity contribution in [3.05, 3.63) is 63.4 Å². The molecule has 0 radical (unpaired) electrons. The molecule has 0 saturated heterocycles. The van der Waals surface area contributed by atoms with Gasteiger partial charge in [0.15, 0.2) is 0 Å². The fraction of sp³-hybridized carbons (Fsp3) is 0.0769. The van der Waals surface area contributed by atoms with E-state index in [1.54, 1.807) is 0 Å². The summed E-state index contributed by atoms with van der Waals surface area (Å²) in [5, 5.41) is 3.15. The molecule has 4 nitrogen and oxygen atoms in total. The molecular formula is C13H9Cl2N3O. The summed E-state index contributed by atoms with van der Waals surface area (Å²) in [5.41, 5.74) is 8.35. The standard InChI is InChI=1S/C13H9Cl2N3O/c14-10-7-9(13(19)18-16)12(15)17-11(10)6-8-4-2-1-3-5-8/h1-5,7,16H,6H2. The van der Waals surface area contributed by atoms with Crippen molar-refractivity contribution >= 4 is 29.1 Å². The summed E-state index contributed by atoms with van der Waals surface area (Å²) in [4.78, 5) is 15.4. The first-order valence-electron chi connectivity index (χ1n) is 5.42. The van der Waals surface area contributed by atoms with Gasteiger partial charge in [0, 0.05) is 6.42 Å². The van der Waals surface area contributed by atoms with E-state index in [0.29, 0.717) is 17.1 Å². The molecule has 2 aromatic rings. The molecule has 1 amide bonds. The number of halogens is 2. The Labute approximate surface area is 119 Å². The number of pyridine rings is 1. The third-order valence-corrected chi connectivity index (χ3v) is 3.16. The lowest BCUT2D eigenvalue weighted by atomic mass is 10.1. The number of nitrogens with one attached hydrogen (secondary N) is 1. The highest BCUT2D eigenvalue weighted by Gasteiger charge is 2.15. The minimum atomic E-state index is -0.759. The number of hydrogen-bond donors (Lipinski definition) is 1. The summed E-state index contributed by atoms with van der Waals surface area (Å²) in [6.07, 6.45) is 0.520. The van der Waals surface area contributed by atoms with Crippen molar-refractivity contribution in [3.8, 4) is 0 Å². The SMILES string of the molecule is N=NC(=O)c1cc(Cl)c(Cc2ccccc2)nc1Cl. The predicted molar refractivity (Wildman–Crippen MR) is 73.0 cm³/mol. The summed E-state index contributed by atoms with van der Waals surface area (Å²) in [6.45, 7) is 0. The van der Waals surface area contributed by atoms with E-state index >= 15 is 0 Å². The smallest absolute Gasteiger partial charge is 0.265 e. The second-order valence-corrected chi connectivity index (χ2v) is 4.60. The summed E-state index contributed by atoms with van der Waals surface area (Å²) >= 11 is 12.0. The van der Waals surface area contributed by atoms with Crippen LogP contribution in [0.1, 0.15) is 21.6 Å². The summed E-state index contributed by atoms with van der Waals surface area (Å²) in [5.74, 6) is -0.759. The van der Waals surface area contributed by atoms with Crippen molar-refractivity contribution in [3.63, 3.8) is 0 Å². The van der Waals surface area contributed by atoms with E-state index in [-0.39, 0.29) is 10.7 Å². The Morgan fingerprint density at radius 3 is 2.58 bits per heavy atom. The number of carbonyl (C=O) groups excluding carboxylic acids is 1. The molecular weight excluding hydrogens is 285 g/mol. The van der Waals surface area contributed by atoms with Gasteiger partial charge in [-0.3, -0.25) is 4.79 Å². The van der Waals surface area contributed by atoms with Crippen LogP contribution in [0.3, 0.4) is 0 Å². The molecule has 0 bridgehead atoms.